The van der Waals surface area contributed by atoms with Gasteiger partial charge >= 0.3 is 5.97 Å². The van der Waals surface area contributed by atoms with E-state index in [1.807, 2.05) is 19.1 Å². The van der Waals surface area contributed by atoms with Gasteiger partial charge in [0.05, 0.1) is 13.5 Å². The Labute approximate surface area is 160 Å². The monoisotopic (exact) mass is 373 g/mol. The Morgan fingerprint density at radius 1 is 1.26 bits per heavy atom. The van der Waals surface area contributed by atoms with Gasteiger partial charge in [-0.3, -0.25) is 4.79 Å². The fourth-order valence-electron chi connectivity index (χ4n) is 2.97. The highest BCUT2D eigenvalue weighted by Gasteiger charge is 2.20. The fraction of sp³-hybridized carbons (Fsp3) is 0.429. The number of carbonyl (C=O) groups excluding carboxylic acids is 1. The molecule has 1 aromatic heterocycles. The Hall–Kier alpha value is -2.63. The third-order valence-electron chi connectivity index (χ3n) is 4.59. The summed E-state index contributed by atoms with van der Waals surface area (Å²) in [5.74, 6) is 0.166. The van der Waals surface area contributed by atoms with Crippen molar-refractivity contribution in [2.24, 2.45) is 0 Å². The molecule has 0 saturated carbocycles. The maximum Gasteiger partial charge on any atom is 0.306 e. The molecule has 6 heteroatoms. The van der Waals surface area contributed by atoms with Crippen LogP contribution in [0.2, 0.25) is 0 Å². The van der Waals surface area contributed by atoms with Gasteiger partial charge in [-0.1, -0.05) is 19.1 Å². The SMILES string of the molecule is CCC(CC(=O)OC)c1cc(N)cc(N(Cc2ccc(F)cc2)C(C)C)n1. The summed E-state index contributed by atoms with van der Waals surface area (Å²) < 4.78 is 18.0. The number of nitrogens with two attached hydrogens (primary N) is 1. The highest BCUT2D eigenvalue weighted by Crippen LogP contribution is 2.28. The van der Waals surface area contributed by atoms with Crippen LogP contribution in [-0.2, 0) is 16.1 Å². The molecule has 0 aliphatic rings. The number of carbonyl (C=O) groups is 1. The third kappa shape index (κ3) is 5.67. The lowest BCUT2D eigenvalue weighted by atomic mass is 9.97. The molecule has 1 atom stereocenters. The molecule has 5 nitrogen and oxygen atoms in total. The van der Waals surface area contributed by atoms with Crippen LogP contribution >= 0.6 is 0 Å². The molecule has 0 radical (unpaired) electrons. The van der Waals surface area contributed by atoms with Gasteiger partial charge < -0.3 is 15.4 Å². The summed E-state index contributed by atoms with van der Waals surface area (Å²) in [4.78, 5) is 18.6. The smallest absolute Gasteiger partial charge is 0.306 e. The summed E-state index contributed by atoms with van der Waals surface area (Å²) in [7, 11) is 1.39. The van der Waals surface area contributed by atoms with Crippen molar-refractivity contribution in [2.45, 2.75) is 52.1 Å². The second-order valence-electron chi connectivity index (χ2n) is 6.92. The summed E-state index contributed by atoms with van der Waals surface area (Å²) in [6.07, 6.45) is 1.02. The molecule has 0 spiro atoms. The number of methoxy groups -OCH3 is 1. The van der Waals surface area contributed by atoms with Crippen LogP contribution in [0.3, 0.4) is 0 Å². The normalized spacial score (nSPS) is 12.1. The number of rotatable bonds is 8. The number of ether oxygens (including phenoxy) is 1. The number of hydrogen-bond donors (Lipinski definition) is 1. The first-order valence-electron chi connectivity index (χ1n) is 9.19. The molecule has 1 heterocycles. The van der Waals surface area contributed by atoms with E-state index in [0.29, 0.717) is 12.2 Å². The molecule has 146 valence electrons. The maximum atomic E-state index is 13.2. The topological polar surface area (TPSA) is 68.5 Å². The molecule has 0 saturated heterocycles. The van der Waals surface area contributed by atoms with E-state index in [0.717, 1.165) is 23.5 Å². The van der Waals surface area contributed by atoms with Crippen LogP contribution in [0, 0.1) is 5.82 Å². The summed E-state index contributed by atoms with van der Waals surface area (Å²) in [6.45, 7) is 6.73. The van der Waals surface area contributed by atoms with E-state index in [1.165, 1.54) is 19.2 Å². The molecule has 0 aliphatic heterocycles. The van der Waals surface area contributed by atoms with Crippen LogP contribution in [0.4, 0.5) is 15.9 Å². The van der Waals surface area contributed by atoms with Crippen LogP contribution in [0.25, 0.3) is 0 Å². The van der Waals surface area contributed by atoms with Crippen molar-refractivity contribution in [1.82, 2.24) is 4.98 Å². The van der Waals surface area contributed by atoms with Crippen molar-refractivity contribution >= 4 is 17.5 Å². The lowest BCUT2D eigenvalue weighted by molar-refractivity contribution is -0.141. The van der Waals surface area contributed by atoms with Crippen LogP contribution in [0.5, 0.6) is 0 Å². The van der Waals surface area contributed by atoms with Crippen molar-refractivity contribution in [1.29, 1.82) is 0 Å². The van der Waals surface area contributed by atoms with Gasteiger partial charge in [0, 0.05) is 36.0 Å². The first-order chi connectivity index (χ1) is 12.8. The molecule has 0 bridgehead atoms. The highest BCUT2D eigenvalue weighted by molar-refractivity contribution is 5.70. The standard InChI is InChI=1S/C21H28FN3O2/c1-5-16(10-21(26)27-4)19-11-18(23)12-20(24-19)25(14(2)3)13-15-6-8-17(22)9-7-15/h6-9,11-12,14,16H,5,10,13H2,1-4H3,(H2,23,24). The Morgan fingerprint density at radius 3 is 2.48 bits per heavy atom. The maximum absolute atomic E-state index is 13.2. The van der Waals surface area contributed by atoms with Gasteiger partial charge in [-0.2, -0.15) is 0 Å². The first kappa shape index (κ1) is 20.7. The second kappa shape index (κ2) is 9.35. The molecule has 1 aromatic carbocycles. The molecule has 27 heavy (non-hydrogen) atoms. The lowest BCUT2D eigenvalue weighted by Crippen LogP contribution is -2.31. The molecule has 0 amide bonds. The Kier molecular flexibility index (Phi) is 7.16. The number of nitrogen functional groups attached to an aromatic ring is 1. The Morgan fingerprint density at radius 2 is 1.93 bits per heavy atom. The predicted molar refractivity (Wildman–Crippen MR) is 106 cm³/mol. The van der Waals surface area contributed by atoms with Gasteiger partial charge in [-0.05, 0) is 44.0 Å². The quantitative estimate of drug-likeness (QED) is 0.700. The van der Waals surface area contributed by atoms with Crippen LogP contribution in [0.15, 0.2) is 36.4 Å². The molecular weight excluding hydrogens is 345 g/mol. The van der Waals surface area contributed by atoms with Gasteiger partial charge in [-0.15, -0.1) is 0 Å². The average Bonchev–Trinajstić information content (AvgIpc) is 2.64. The number of benzene rings is 1. The second-order valence-corrected chi connectivity index (χ2v) is 6.92. The van der Waals surface area contributed by atoms with Gasteiger partial charge in [0.2, 0.25) is 0 Å². The predicted octanol–water partition coefficient (Wildman–Crippen LogP) is 4.27. The van der Waals surface area contributed by atoms with E-state index in [4.69, 9.17) is 15.5 Å². The molecule has 1 unspecified atom stereocenters. The largest absolute Gasteiger partial charge is 0.469 e. The zero-order valence-electron chi connectivity index (χ0n) is 16.4. The van der Waals surface area contributed by atoms with Gasteiger partial charge in [0.1, 0.15) is 11.6 Å². The molecule has 2 rings (SSSR count). The molecular formula is C21H28FN3O2. The number of anilines is 2. The summed E-state index contributed by atoms with van der Waals surface area (Å²) >= 11 is 0. The van der Waals surface area contributed by atoms with Crippen molar-refractivity contribution in [3.05, 3.63) is 53.5 Å². The third-order valence-corrected chi connectivity index (χ3v) is 4.59. The van der Waals surface area contributed by atoms with E-state index in [-0.39, 0.29) is 30.2 Å². The van der Waals surface area contributed by atoms with E-state index in [1.54, 1.807) is 12.1 Å². The lowest BCUT2D eigenvalue weighted by Gasteiger charge is -2.29. The van der Waals surface area contributed by atoms with E-state index in [2.05, 4.69) is 18.7 Å². The fourth-order valence-corrected chi connectivity index (χ4v) is 2.97. The molecule has 2 aromatic rings. The van der Waals surface area contributed by atoms with Crippen LogP contribution in [-0.4, -0.2) is 24.1 Å². The minimum Gasteiger partial charge on any atom is -0.469 e. The highest BCUT2D eigenvalue weighted by atomic mass is 19.1. The van der Waals surface area contributed by atoms with Gasteiger partial charge in [-0.25, -0.2) is 9.37 Å². The zero-order chi connectivity index (χ0) is 20.0. The Balaban J connectivity index is 2.34. The summed E-state index contributed by atoms with van der Waals surface area (Å²) in [6, 6.07) is 10.3. The number of hydrogen-bond acceptors (Lipinski definition) is 5. The first-order valence-corrected chi connectivity index (χ1v) is 9.19. The minimum absolute atomic E-state index is 0.0560. The van der Waals surface area contributed by atoms with Gasteiger partial charge in [0.25, 0.3) is 0 Å². The van der Waals surface area contributed by atoms with E-state index in [9.17, 15) is 9.18 Å². The van der Waals surface area contributed by atoms with E-state index < -0.39 is 0 Å². The number of nitrogens with zero attached hydrogens (tertiary/aromatic N) is 2. The number of esters is 1. The number of aromatic nitrogens is 1. The Bertz CT molecular complexity index is 763. The average molecular weight is 373 g/mol. The molecule has 2 N–H and O–H groups in total. The van der Waals surface area contributed by atoms with Crippen molar-refractivity contribution < 1.29 is 13.9 Å². The molecule has 0 fully saturated rings. The van der Waals surface area contributed by atoms with Crippen molar-refractivity contribution in [2.75, 3.05) is 17.7 Å². The number of pyridine rings is 1. The van der Waals surface area contributed by atoms with Crippen molar-refractivity contribution in [3.63, 3.8) is 0 Å². The van der Waals surface area contributed by atoms with Crippen LogP contribution < -0.4 is 10.6 Å². The van der Waals surface area contributed by atoms with Crippen LogP contribution in [0.1, 0.15) is 50.8 Å². The zero-order valence-corrected chi connectivity index (χ0v) is 16.4. The van der Waals surface area contributed by atoms with Crippen molar-refractivity contribution in [3.8, 4) is 0 Å². The number of halogens is 1. The molecule has 0 aliphatic carbocycles. The summed E-state index contributed by atoms with van der Waals surface area (Å²) in [5, 5.41) is 0. The minimum atomic E-state index is -0.264. The van der Waals surface area contributed by atoms with E-state index >= 15 is 0 Å². The van der Waals surface area contributed by atoms with Gasteiger partial charge in [0.15, 0.2) is 0 Å². The summed E-state index contributed by atoms with van der Waals surface area (Å²) in [5.41, 5.74) is 8.50.